The van der Waals surface area contributed by atoms with Gasteiger partial charge in [-0.15, -0.1) is 0 Å². The van der Waals surface area contributed by atoms with Gasteiger partial charge in [0.1, 0.15) is 5.75 Å². The van der Waals surface area contributed by atoms with Crippen LogP contribution in [0.5, 0.6) is 5.75 Å². The smallest absolute Gasteiger partial charge is 0.313 e. The predicted octanol–water partition coefficient (Wildman–Crippen LogP) is 0.704. The van der Waals surface area contributed by atoms with Gasteiger partial charge in [-0.3, -0.25) is 9.59 Å². The zero-order valence-corrected chi connectivity index (χ0v) is 11.4. The molecule has 1 aromatic rings. The Kier molecular flexibility index (Phi) is 5.59. The van der Waals surface area contributed by atoms with Crippen molar-refractivity contribution in [2.75, 3.05) is 25.6 Å². The van der Waals surface area contributed by atoms with E-state index in [2.05, 4.69) is 10.6 Å². The van der Waals surface area contributed by atoms with Gasteiger partial charge in [0, 0.05) is 17.6 Å². The minimum atomic E-state index is -0.839. The Labute approximate surface area is 115 Å². The van der Waals surface area contributed by atoms with Gasteiger partial charge < -0.3 is 20.5 Å². The summed E-state index contributed by atoms with van der Waals surface area (Å²) in [4.78, 5) is 22.9. The van der Waals surface area contributed by atoms with Gasteiger partial charge in [0.15, 0.2) is 0 Å². The van der Waals surface area contributed by atoms with Crippen molar-refractivity contribution in [1.82, 2.24) is 5.32 Å². The van der Waals surface area contributed by atoms with E-state index in [4.69, 9.17) is 21.4 Å². The van der Waals surface area contributed by atoms with Crippen LogP contribution in [-0.4, -0.2) is 37.2 Å². The second-order valence-electron chi connectivity index (χ2n) is 3.74. The van der Waals surface area contributed by atoms with E-state index in [1.54, 1.807) is 19.1 Å². The summed E-state index contributed by atoms with van der Waals surface area (Å²) in [5.41, 5.74) is 1.10. The summed E-state index contributed by atoms with van der Waals surface area (Å²) in [6, 6.07) is 3.16. The molecule has 7 heteroatoms. The van der Waals surface area contributed by atoms with Gasteiger partial charge in [-0.25, -0.2) is 0 Å². The summed E-state index contributed by atoms with van der Waals surface area (Å²) in [6.45, 7) is 1.55. The summed E-state index contributed by atoms with van der Waals surface area (Å²) in [5, 5.41) is 13.7. The Hall–Kier alpha value is -1.79. The number of hydrogen-bond donors (Lipinski definition) is 3. The number of anilines is 1. The SMILES string of the molecule is COc1cc(Cl)c(C)cc1NC(=O)C(=O)NCCO. The van der Waals surface area contributed by atoms with Gasteiger partial charge in [0.05, 0.1) is 19.4 Å². The Balaban J connectivity index is 2.84. The van der Waals surface area contributed by atoms with Gasteiger partial charge in [0.2, 0.25) is 0 Å². The molecule has 0 aliphatic rings. The average Bonchev–Trinajstić information content (AvgIpc) is 2.39. The lowest BCUT2D eigenvalue weighted by molar-refractivity contribution is -0.136. The van der Waals surface area contributed by atoms with E-state index >= 15 is 0 Å². The number of carbonyl (C=O) groups is 2. The second kappa shape index (κ2) is 6.96. The molecule has 0 atom stereocenters. The number of methoxy groups -OCH3 is 1. The number of aliphatic hydroxyl groups is 1. The number of benzene rings is 1. The Morgan fingerprint density at radius 1 is 1.37 bits per heavy atom. The molecular weight excluding hydrogens is 272 g/mol. The zero-order chi connectivity index (χ0) is 14.4. The molecule has 0 fully saturated rings. The lowest BCUT2D eigenvalue weighted by Gasteiger charge is -2.12. The van der Waals surface area contributed by atoms with E-state index in [9.17, 15) is 9.59 Å². The monoisotopic (exact) mass is 286 g/mol. The third-order valence-electron chi connectivity index (χ3n) is 2.33. The highest BCUT2D eigenvalue weighted by atomic mass is 35.5. The van der Waals surface area contributed by atoms with Gasteiger partial charge in [-0.2, -0.15) is 0 Å². The zero-order valence-electron chi connectivity index (χ0n) is 10.6. The fourth-order valence-corrected chi connectivity index (χ4v) is 1.51. The van der Waals surface area contributed by atoms with Crippen molar-refractivity contribution in [3.8, 4) is 5.75 Å². The maximum Gasteiger partial charge on any atom is 0.313 e. The maximum atomic E-state index is 11.6. The number of nitrogens with one attached hydrogen (secondary N) is 2. The molecule has 1 rings (SSSR count). The molecule has 19 heavy (non-hydrogen) atoms. The fourth-order valence-electron chi connectivity index (χ4n) is 1.36. The minimum absolute atomic E-state index is 0.0169. The van der Waals surface area contributed by atoms with E-state index < -0.39 is 11.8 Å². The largest absolute Gasteiger partial charge is 0.495 e. The molecule has 0 aromatic heterocycles. The van der Waals surface area contributed by atoms with Gasteiger partial charge in [-0.1, -0.05) is 11.6 Å². The minimum Gasteiger partial charge on any atom is -0.495 e. The van der Waals surface area contributed by atoms with Crippen molar-refractivity contribution in [2.45, 2.75) is 6.92 Å². The van der Waals surface area contributed by atoms with Crippen LogP contribution in [0.4, 0.5) is 5.69 Å². The highest BCUT2D eigenvalue weighted by Gasteiger charge is 2.16. The molecule has 6 nitrogen and oxygen atoms in total. The van der Waals surface area contributed by atoms with Crippen LogP contribution < -0.4 is 15.4 Å². The Bertz CT molecular complexity index is 491. The molecule has 0 saturated carbocycles. The van der Waals surface area contributed by atoms with E-state index in [1.807, 2.05) is 0 Å². The number of rotatable bonds is 4. The first-order valence-corrected chi connectivity index (χ1v) is 5.91. The Morgan fingerprint density at radius 3 is 2.63 bits per heavy atom. The van der Waals surface area contributed by atoms with Crippen LogP contribution >= 0.6 is 11.6 Å². The van der Waals surface area contributed by atoms with Crippen LogP contribution in [0, 0.1) is 6.92 Å². The van der Waals surface area contributed by atoms with Crippen molar-refractivity contribution < 1.29 is 19.4 Å². The van der Waals surface area contributed by atoms with Gasteiger partial charge in [-0.05, 0) is 18.6 Å². The highest BCUT2D eigenvalue weighted by Crippen LogP contribution is 2.30. The van der Waals surface area contributed by atoms with Crippen molar-refractivity contribution >= 4 is 29.1 Å². The molecule has 3 N–H and O–H groups in total. The topological polar surface area (TPSA) is 87.7 Å². The van der Waals surface area contributed by atoms with Crippen LogP contribution in [-0.2, 0) is 9.59 Å². The number of aryl methyl sites for hydroxylation is 1. The molecule has 0 heterocycles. The van der Waals surface area contributed by atoms with E-state index in [-0.39, 0.29) is 13.2 Å². The fraction of sp³-hybridized carbons (Fsp3) is 0.333. The molecule has 0 radical (unpaired) electrons. The Morgan fingerprint density at radius 2 is 2.05 bits per heavy atom. The normalized spacial score (nSPS) is 9.89. The van der Waals surface area contributed by atoms with Crippen LogP contribution in [0.15, 0.2) is 12.1 Å². The van der Waals surface area contributed by atoms with Crippen LogP contribution in [0.1, 0.15) is 5.56 Å². The van der Waals surface area contributed by atoms with Gasteiger partial charge in [0.25, 0.3) is 0 Å². The number of aliphatic hydroxyl groups excluding tert-OH is 1. The highest BCUT2D eigenvalue weighted by molar-refractivity contribution is 6.40. The second-order valence-corrected chi connectivity index (χ2v) is 4.14. The molecule has 0 aliphatic heterocycles. The van der Waals surface area contributed by atoms with Crippen molar-refractivity contribution in [1.29, 1.82) is 0 Å². The van der Waals surface area contributed by atoms with E-state index in [0.717, 1.165) is 5.56 Å². The first kappa shape index (κ1) is 15.3. The molecule has 104 valence electrons. The van der Waals surface area contributed by atoms with E-state index in [0.29, 0.717) is 16.5 Å². The average molecular weight is 287 g/mol. The number of amides is 2. The third-order valence-corrected chi connectivity index (χ3v) is 2.74. The van der Waals surface area contributed by atoms with Gasteiger partial charge >= 0.3 is 11.8 Å². The summed E-state index contributed by atoms with van der Waals surface area (Å²) >= 11 is 5.93. The summed E-state index contributed by atoms with van der Waals surface area (Å²) in [7, 11) is 1.43. The van der Waals surface area contributed by atoms with Crippen molar-refractivity contribution in [3.05, 3.63) is 22.7 Å². The number of hydrogen-bond acceptors (Lipinski definition) is 4. The lowest BCUT2D eigenvalue weighted by Crippen LogP contribution is -2.36. The third kappa shape index (κ3) is 4.11. The summed E-state index contributed by atoms with van der Waals surface area (Å²) in [6.07, 6.45) is 0. The predicted molar refractivity (Wildman–Crippen MR) is 71.5 cm³/mol. The molecule has 0 spiro atoms. The summed E-state index contributed by atoms with van der Waals surface area (Å²) in [5.74, 6) is -1.31. The van der Waals surface area contributed by atoms with Crippen LogP contribution in [0.2, 0.25) is 5.02 Å². The quantitative estimate of drug-likeness (QED) is 0.711. The number of carbonyl (C=O) groups excluding carboxylic acids is 2. The number of halogens is 1. The molecule has 0 bridgehead atoms. The molecule has 1 aromatic carbocycles. The first-order valence-electron chi connectivity index (χ1n) is 5.53. The molecule has 0 saturated heterocycles. The van der Waals surface area contributed by atoms with Crippen LogP contribution in [0.3, 0.4) is 0 Å². The standard InChI is InChI=1S/C12H15ClN2O4/c1-7-5-9(10(19-2)6-8(7)13)15-12(18)11(17)14-3-4-16/h5-6,16H,3-4H2,1-2H3,(H,14,17)(H,15,18). The lowest BCUT2D eigenvalue weighted by atomic mass is 10.2. The van der Waals surface area contributed by atoms with E-state index in [1.165, 1.54) is 7.11 Å². The van der Waals surface area contributed by atoms with Crippen molar-refractivity contribution in [2.24, 2.45) is 0 Å². The molecular formula is C12H15ClN2O4. The number of ether oxygens (including phenoxy) is 1. The van der Waals surface area contributed by atoms with Crippen LogP contribution in [0.25, 0.3) is 0 Å². The maximum absolute atomic E-state index is 11.6. The summed E-state index contributed by atoms with van der Waals surface area (Å²) < 4.78 is 5.07. The molecule has 0 aliphatic carbocycles. The molecule has 2 amide bonds. The van der Waals surface area contributed by atoms with Crippen molar-refractivity contribution in [3.63, 3.8) is 0 Å². The molecule has 0 unspecified atom stereocenters. The first-order chi connectivity index (χ1) is 8.99.